The highest BCUT2D eigenvalue weighted by Gasteiger charge is 2.30. The first kappa shape index (κ1) is 17.0. The van der Waals surface area contributed by atoms with Gasteiger partial charge in [0, 0.05) is 24.8 Å². The Morgan fingerprint density at radius 2 is 2.13 bits per heavy atom. The monoisotopic (exact) mass is 320 g/mol. The zero-order valence-corrected chi connectivity index (χ0v) is 13.1. The molecule has 0 saturated carbocycles. The van der Waals surface area contributed by atoms with E-state index in [0.717, 1.165) is 5.56 Å². The number of ether oxygens (including phenoxy) is 1. The number of amides is 2. The molecule has 7 nitrogen and oxygen atoms in total. The fraction of sp³-hybridized carbons (Fsp3) is 0.438. The minimum Gasteiger partial charge on any atom is -0.481 e. The number of hydrogen-bond donors (Lipinski definition) is 3. The average Bonchev–Trinajstić information content (AvgIpc) is 2.45. The van der Waals surface area contributed by atoms with Gasteiger partial charge in [0.05, 0.1) is 18.6 Å². The summed E-state index contributed by atoms with van der Waals surface area (Å²) in [6.07, 6.45) is 0.721. The highest BCUT2D eigenvalue weighted by atomic mass is 16.5. The molecule has 0 aliphatic carbocycles. The number of carboxylic acid groups (broad SMARTS) is 1. The second-order valence-electron chi connectivity index (χ2n) is 5.94. The summed E-state index contributed by atoms with van der Waals surface area (Å²) < 4.78 is 5.02. The number of hydrogen-bond acceptors (Lipinski definition) is 4. The van der Waals surface area contributed by atoms with Crippen molar-refractivity contribution in [1.82, 2.24) is 5.32 Å². The molecule has 1 atom stereocenters. The third-order valence-electron chi connectivity index (χ3n) is 3.68. The van der Waals surface area contributed by atoms with Gasteiger partial charge in [0.2, 0.25) is 5.91 Å². The van der Waals surface area contributed by atoms with Crippen molar-refractivity contribution in [1.29, 1.82) is 0 Å². The van der Waals surface area contributed by atoms with Gasteiger partial charge in [0.25, 0.3) is 5.91 Å². The number of aliphatic carboxylic acids is 1. The van der Waals surface area contributed by atoms with Crippen molar-refractivity contribution < 1.29 is 24.2 Å². The molecule has 1 heterocycles. The third kappa shape index (κ3) is 4.29. The van der Waals surface area contributed by atoms with E-state index in [1.54, 1.807) is 25.1 Å². The first-order chi connectivity index (χ1) is 10.8. The number of carbonyl (C=O) groups excluding carboxylic acids is 2. The number of carbonyl (C=O) groups is 3. The van der Waals surface area contributed by atoms with Gasteiger partial charge in [0.1, 0.15) is 0 Å². The molecular weight excluding hydrogens is 300 g/mol. The van der Waals surface area contributed by atoms with Crippen LogP contribution in [0.5, 0.6) is 0 Å². The number of methoxy groups -OCH3 is 1. The van der Waals surface area contributed by atoms with Crippen LogP contribution in [0.3, 0.4) is 0 Å². The average molecular weight is 320 g/mol. The van der Waals surface area contributed by atoms with Crippen molar-refractivity contribution in [3.63, 3.8) is 0 Å². The molecule has 7 heteroatoms. The van der Waals surface area contributed by atoms with E-state index in [1.165, 1.54) is 7.11 Å². The molecule has 1 aromatic rings. The maximum Gasteiger partial charge on any atom is 0.305 e. The van der Waals surface area contributed by atoms with Gasteiger partial charge in [-0.25, -0.2) is 0 Å². The van der Waals surface area contributed by atoms with Gasteiger partial charge >= 0.3 is 5.97 Å². The minimum absolute atomic E-state index is 0.0381. The van der Waals surface area contributed by atoms with Crippen LogP contribution in [-0.2, 0) is 20.7 Å². The molecule has 124 valence electrons. The fourth-order valence-electron chi connectivity index (χ4n) is 2.65. The summed E-state index contributed by atoms with van der Waals surface area (Å²) in [6.45, 7) is 1.72. The number of aryl methyl sites for hydroxylation is 1. The third-order valence-corrected chi connectivity index (χ3v) is 3.68. The smallest absolute Gasteiger partial charge is 0.305 e. The lowest BCUT2D eigenvalue weighted by Gasteiger charge is -2.28. The summed E-state index contributed by atoms with van der Waals surface area (Å²) in [5.41, 5.74) is 1.03. The number of benzene rings is 1. The van der Waals surface area contributed by atoms with Crippen LogP contribution in [0.25, 0.3) is 0 Å². The van der Waals surface area contributed by atoms with Gasteiger partial charge in [-0.1, -0.05) is 0 Å². The molecule has 0 fully saturated rings. The molecule has 0 spiro atoms. The van der Waals surface area contributed by atoms with Gasteiger partial charge in [-0.05, 0) is 37.1 Å². The van der Waals surface area contributed by atoms with Crippen molar-refractivity contribution in [2.45, 2.75) is 31.7 Å². The van der Waals surface area contributed by atoms with Crippen LogP contribution < -0.4 is 10.6 Å². The highest BCUT2D eigenvalue weighted by molar-refractivity contribution is 5.98. The van der Waals surface area contributed by atoms with Crippen molar-refractivity contribution in [2.75, 3.05) is 19.0 Å². The second-order valence-corrected chi connectivity index (χ2v) is 5.94. The van der Waals surface area contributed by atoms with E-state index in [-0.39, 0.29) is 24.8 Å². The van der Waals surface area contributed by atoms with Crippen LogP contribution in [0.15, 0.2) is 18.2 Å². The van der Waals surface area contributed by atoms with E-state index in [1.807, 2.05) is 0 Å². The zero-order valence-electron chi connectivity index (χ0n) is 13.1. The molecule has 0 bridgehead atoms. The van der Waals surface area contributed by atoms with E-state index in [0.29, 0.717) is 24.1 Å². The Kier molecular flexibility index (Phi) is 5.00. The number of anilines is 1. The molecule has 1 aliphatic rings. The zero-order chi connectivity index (χ0) is 17.0. The van der Waals surface area contributed by atoms with Crippen LogP contribution in [0.4, 0.5) is 5.69 Å². The first-order valence-corrected chi connectivity index (χ1v) is 7.29. The van der Waals surface area contributed by atoms with E-state index < -0.39 is 11.5 Å². The number of fused-ring (bicyclic) bond motifs is 1. The number of rotatable bonds is 6. The van der Waals surface area contributed by atoms with Crippen LogP contribution >= 0.6 is 0 Å². The Hall–Kier alpha value is -2.41. The molecule has 3 N–H and O–H groups in total. The van der Waals surface area contributed by atoms with Crippen molar-refractivity contribution >= 4 is 23.5 Å². The number of nitrogens with one attached hydrogen (secondary N) is 2. The summed E-state index contributed by atoms with van der Waals surface area (Å²) in [4.78, 5) is 34.7. The fourth-order valence-corrected chi connectivity index (χ4v) is 2.65. The topological polar surface area (TPSA) is 105 Å². The Morgan fingerprint density at radius 1 is 1.39 bits per heavy atom. The second kappa shape index (κ2) is 6.78. The van der Waals surface area contributed by atoms with Gasteiger partial charge < -0.3 is 20.5 Å². The van der Waals surface area contributed by atoms with E-state index in [9.17, 15) is 14.4 Å². The maximum absolute atomic E-state index is 12.4. The lowest BCUT2D eigenvalue weighted by Crippen LogP contribution is -2.50. The van der Waals surface area contributed by atoms with Crippen molar-refractivity contribution in [2.24, 2.45) is 0 Å². The molecule has 1 unspecified atom stereocenters. The lowest BCUT2D eigenvalue weighted by molar-refractivity contribution is -0.139. The van der Waals surface area contributed by atoms with Crippen molar-refractivity contribution in [3.8, 4) is 0 Å². The lowest BCUT2D eigenvalue weighted by atomic mass is 9.96. The molecule has 2 amide bonds. The van der Waals surface area contributed by atoms with Crippen molar-refractivity contribution in [3.05, 3.63) is 29.3 Å². The predicted molar refractivity (Wildman–Crippen MR) is 83.4 cm³/mol. The molecule has 2 rings (SSSR count). The minimum atomic E-state index is -1.02. The predicted octanol–water partition coefficient (Wildman–Crippen LogP) is 1.18. The Bertz CT molecular complexity index is 643. The standard InChI is InChI=1S/C16H20N2O5/c1-16(9-23-2,8-14(20)21)18-15(22)11-3-5-12-10(7-11)4-6-13(19)17-12/h3,5,7H,4,6,8-9H2,1-2H3,(H,17,19)(H,18,22)(H,20,21). The molecule has 23 heavy (non-hydrogen) atoms. The Balaban J connectivity index is 2.16. The van der Waals surface area contributed by atoms with Crippen LogP contribution in [0, 0.1) is 0 Å². The normalized spacial score (nSPS) is 16.0. The summed E-state index contributed by atoms with van der Waals surface area (Å²) in [7, 11) is 1.45. The largest absolute Gasteiger partial charge is 0.481 e. The van der Waals surface area contributed by atoms with Gasteiger partial charge in [0.15, 0.2) is 0 Å². The quantitative estimate of drug-likeness (QED) is 0.730. The molecular formula is C16H20N2O5. The Labute approximate surface area is 134 Å². The summed E-state index contributed by atoms with van der Waals surface area (Å²) in [5.74, 6) is -1.42. The molecule has 0 saturated heterocycles. The highest BCUT2D eigenvalue weighted by Crippen LogP contribution is 2.24. The van der Waals surface area contributed by atoms with E-state index in [2.05, 4.69) is 10.6 Å². The van der Waals surface area contributed by atoms with E-state index >= 15 is 0 Å². The summed E-state index contributed by atoms with van der Waals surface area (Å²) in [6, 6.07) is 5.01. The van der Waals surface area contributed by atoms with Gasteiger partial charge in [-0.3, -0.25) is 14.4 Å². The summed E-state index contributed by atoms with van der Waals surface area (Å²) in [5, 5.41) is 14.5. The molecule has 0 aromatic heterocycles. The Morgan fingerprint density at radius 3 is 2.78 bits per heavy atom. The maximum atomic E-state index is 12.4. The van der Waals surface area contributed by atoms with Crippen LogP contribution in [-0.4, -0.2) is 42.1 Å². The number of carboxylic acids is 1. The van der Waals surface area contributed by atoms with Crippen LogP contribution in [0.2, 0.25) is 0 Å². The SMILES string of the molecule is COCC(C)(CC(=O)O)NC(=O)c1ccc2c(c1)CCC(=O)N2. The molecule has 1 aromatic carbocycles. The molecule has 1 aliphatic heterocycles. The summed E-state index contributed by atoms with van der Waals surface area (Å²) >= 11 is 0. The van der Waals surface area contributed by atoms with Gasteiger partial charge in [-0.15, -0.1) is 0 Å². The van der Waals surface area contributed by atoms with E-state index in [4.69, 9.17) is 9.84 Å². The van der Waals surface area contributed by atoms with Crippen LogP contribution in [0.1, 0.15) is 35.7 Å². The molecule has 0 radical (unpaired) electrons. The van der Waals surface area contributed by atoms with Gasteiger partial charge in [-0.2, -0.15) is 0 Å². The first-order valence-electron chi connectivity index (χ1n) is 7.29.